The van der Waals surface area contributed by atoms with E-state index in [9.17, 15) is 9.18 Å². The second-order valence-electron chi connectivity index (χ2n) is 3.39. The van der Waals surface area contributed by atoms with Crippen LogP contribution >= 0.6 is 27.5 Å². The predicted octanol–water partition coefficient (Wildman–Crippen LogP) is 3.74. The molecule has 0 aliphatic carbocycles. The van der Waals surface area contributed by atoms with E-state index in [2.05, 4.69) is 20.7 Å². The molecule has 0 bridgehead atoms. The molecule has 1 rings (SSSR count). The lowest BCUT2D eigenvalue weighted by atomic mass is 10.3. The maximum Gasteiger partial charge on any atom is 0.333 e. The molecule has 0 N–H and O–H groups in total. The van der Waals surface area contributed by atoms with Crippen LogP contribution in [0.2, 0.25) is 5.02 Å². The quantitative estimate of drug-likeness (QED) is 0.477. The molecule has 1 aromatic rings. The Morgan fingerprint density at radius 2 is 2.22 bits per heavy atom. The molecule has 0 aliphatic rings. The van der Waals surface area contributed by atoms with Gasteiger partial charge in [-0.15, -0.1) is 0 Å². The van der Waals surface area contributed by atoms with E-state index in [0.717, 1.165) is 0 Å². The molecule has 0 fully saturated rings. The first kappa shape index (κ1) is 15.0. The normalized spacial score (nSPS) is 11.3. The maximum atomic E-state index is 13.2. The van der Waals surface area contributed by atoms with Crippen LogP contribution in [0.1, 0.15) is 6.92 Å². The van der Waals surface area contributed by atoms with Crippen molar-refractivity contribution >= 4 is 33.5 Å². The third kappa shape index (κ3) is 3.99. The van der Waals surface area contributed by atoms with Crippen LogP contribution in [0.5, 0.6) is 5.75 Å². The van der Waals surface area contributed by atoms with E-state index in [0.29, 0.717) is 15.8 Å². The Labute approximate surface area is 118 Å². The van der Waals surface area contributed by atoms with E-state index in [4.69, 9.17) is 16.3 Å². The first-order valence-electron chi connectivity index (χ1n) is 4.98. The largest absolute Gasteiger partial charge is 0.488 e. The summed E-state index contributed by atoms with van der Waals surface area (Å²) in [6.45, 7) is 1.73. The molecule has 0 saturated heterocycles. The summed E-state index contributed by atoms with van der Waals surface area (Å²) in [5, 5.41) is 0.00973. The Balaban J connectivity index is 2.70. The fourth-order valence-electron chi connectivity index (χ4n) is 1.12. The van der Waals surface area contributed by atoms with E-state index in [1.54, 1.807) is 13.0 Å². The molecule has 0 heterocycles. The monoisotopic (exact) mass is 336 g/mol. The summed E-state index contributed by atoms with van der Waals surface area (Å²) in [6.07, 6.45) is 1.55. The molecule has 18 heavy (non-hydrogen) atoms. The van der Waals surface area contributed by atoms with Crippen molar-refractivity contribution in [3.8, 4) is 5.75 Å². The van der Waals surface area contributed by atoms with Gasteiger partial charge >= 0.3 is 5.97 Å². The molecular formula is C12H11BrClFO3. The Hall–Kier alpha value is -1.07. The molecule has 0 aromatic heterocycles. The molecule has 6 heteroatoms. The topological polar surface area (TPSA) is 35.5 Å². The third-order valence-corrected chi connectivity index (χ3v) is 3.02. The van der Waals surface area contributed by atoms with Gasteiger partial charge in [-0.25, -0.2) is 9.18 Å². The zero-order chi connectivity index (χ0) is 13.7. The number of esters is 1. The summed E-state index contributed by atoms with van der Waals surface area (Å²) >= 11 is 8.80. The lowest BCUT2D eigenvalue weighted by Crippen LogP contribution is -2.04. The van der Waals surface area contributed by atoms with Crippen molar-refractivity contribution in [2.75, 3.05) is 13.7 Å². The second kappa shape index (κ2) is 6.75. The highest BCUT2D eigenvalue weighted by molar-refractivity contribution is 9.10. The van der Waals surface area contributed by atoms with Crippen molar-refractivity contribution in [1.29, 1.82) is 0 Å². The van der Waals surface area contributed by atoms with Gasteiger partial charge < -0.3 is 9.47 Å². The molecule has 0 saturated carbocycles. The molecule has 3 nitrogen and oxygen atoms in total. The van der Waals surface area contributed by atoms with Crippen molar-refractivity contribution in [2.24, 2.45) is 0 Å². The highest BCUT2D eigenvalue weighted by Gasteiger charge is 2.08. The summed E-state index contributed by atoms with van der Waals surface area (Å²) < 4.78 is 23.6. The van der Waals surface area contributed by atoms with Gasteiger partial charge in [0.15, 0.2) is 0 Å². The van der Waals surface area contributed by atoms with Crippen molar-refractivity contribution in [3.63, 3.8) is 0 Å². The van der Waals surface area contributed by atoms with Gasteiger partial charge in [-0.3, -0.25) is 0 Å². The van der Waals surface area contributed by atoms with Crippen LogP contribution in [0.15, 0.2) is 28.3 Å². The fourth-order valence-corrected chi connectivity index (χ4v) is 1.87. The van der Waals surface area contributed by atoms with Crippen LogP contribution in [0.25, 0.3) is 0 Å². The number of carbonyl (C=O) groups excluding carboxylic acids is 1. The number of benzene rings is 1. The van der Waals surface area contributed by atoms with Crippen LogP contribution in [0.4, 0.5) is 4.39 Å². The average molecular weight is 338 g/mol. The summed E-state index contributed by atoms with van der Waals surface area (Å²) in [7, 11) is 1.30. The lowest BCUT2D eigenvalue weighted by Gasteiger charge is -2.07. The van der Waals surface area contributed by atoms with Gasteiger partial charge in [-0.05, 0) is 35.0 Å². The summed E-state index contributed by atoms with van der Waals surface area (Å²) in [4.78, 5) is 11.1. The van der Waals surface area contributed by atoms with Crippen molar-refractivity contribution in [2.45, 2.75) is 6.92 Å². The van der Waals surface area contributed by atoms with E-state index >= 15 is 0 Å². The Morgan fingerprint density at radius 1 is 1.56 bits per heavy atom. The number of halogens is 3. The van der Waals surface area contributed by atoms with Crippen molar-refractivity contribution < 1.29 is 18.7 Å². The molecule has 0 unspecified atom stereocenters. The first-order valence-corrected chi connectivity index (χ1v) is 6.15. The molecule has 0 amide bonds. The van der Waals surface area contributed by atoms with Gasteiger partial charge in [0, 0.05) is 11.6 Å². The average Bonchev–Trinajstić information content (AvgIpc) is 2.34. The minimum absolute atomic E-state index is 0.00973. The predicted molar refractivity (Wildman–Crippen MR) is 70.4 cm³/mol. The smallest absolute Gasteiger partial charge is 0.333 e. The standard InChI is InChI=1S/C12H11BrClFO3/c1-7(12(16)17-2)3-4-18-11-6-10(15)9(14)5-8(11)13/h3,5-6H,4H2,1-2H3/b7-3+. The van der Waals surface area contributed by atoms with Gasteiger partial charge in [-0.2, -0.15) is 0 Å². The lowest BCUT2D eigenvalue weighted by molar-refractivity contribution is -0.136. The van der Waals surface area contributed by atoms with E-state index in [1.165, 1.54) is 19.2 Å². The van der Waals surface area contributed by atoms with Crippen LogP contribution in [-0.2, 0) is 9.53 Å². The number of hydrogen-bond acceptors (Lipinski definition) is 3. The van der Waals surface area contributed by atoms with Gasteiger partial charge in [0.05, 0.1) is 16.6 Å². The van der Waals surface area contributed by atoms with Crippen molar-refractivity contribution in [3.05, 3.63) is 39.1 Å². The molecular weight excluding hydrogens is 326 g/mol. The summed E-state index contributed by atoms with van der Waals surface area (Å²) in [5.74, 6) is -0.686. The SMILES string of the molecule is COC(=O)/C(C)=C/COc1cc(F)c(Cl)cc1Br. The van der Waals surface area contributed by atoms with E-state index in [-0.39, 0.29) is 11.6 Å². The second-order valence-corrected chi connectivity index (χ2v) is 4.65. The number of hydrogen-bond donors (Lipinski definition) is 0. The molecule has 0 aliphatic heterocycles. The minimum Gasteiger partial charge on any atom is -0.488 e. The highest BCUT2D eigenvalue weighted by Crippen LogP contribution is 2.30. The molecule has 1 aromatic carbocycles. The van der Waals surface area contributed by atoms with E-state index in [1.807, 2.05) is 0 Å². The summed E-state index contributed by atoms with van der Waals surface area (Å²) in [6, 6.07) is 2.58. The van der Waals surface area contributed by atoms with Crippen molar-refractivity contribution in [1.82, 2.24) is 0 Å². The van der Waals surface area contributed by atoms with Gasteiger partial charge in [0.25, 0.3) is 0 Å². The first-order chi connectivity index (χ1) is 8.45. The third-order valence-electron chi connectivity index (χ3n) is 2.11. The number of rotatable bonds is 4. The van der Waals surface area contributed by atoms with Crippen LogP contribution in [-0.4, -0.2) is 19.7 Å². The molecule has 0 spiro atoms. The zero-order valence-corrected chi connectivity index (χ0v) is 12.1. The van der Waals surface area contributed by atoms with Crippen LogP contribution in [0, 0.1) is 5.82 Å². The van der Waals surface area contributed by atoms with Crippen LogP contribution in [0.3, 0.4) is 0 Å². The van der Waals surface area contributed by atoms with E-state index < -0.39 is 11.8 Å². The molecule has 98 valence electrons. The summed E-state index contributed by atoms with van der Waals surface area (Å²) in [5.41, 5.74) is 0.419. The van der Waals surface area contributed by atoms with Gasteiger partial charge in [-0.1, -0.05) is 11.6 Å². The Morgan fingerprint density at radius 3 is 2.83 bits per heavy atom. The number of carbonyl (C=O) groups is 1. The number of methoxy groups -OCH3 is 1. The van der Waals surface area contributed by atoms with Gasteiger partial charge in [0.1, 0.15) is 18.2 Å². The Kier molecular flexibility index (Phi) is 5.62. The fraction of sp³-hybridized carbons (Fsp3) is 0.250. The number of ether oxygens (including phenoxy) is 2. The maximum absolute atomic E-state index is 13.2. The highest BCUT2D eigenvalue weighted by atomic mass is 79.9. The minimum atomic E-state index is -0.566. The van der Waals surface area contributed by atoms with Crippen LogP contribution < -0.4 is 4.74 Å². The molecule has 0 radical (unpaired) electrons. The molecule has 0 atom stereocenters. The zero-order valence-electron chi connectivity index (χ0n) is 9.80. The van der Waals surface area contributed by atoms with Gasteiger partial charge in [0.2, 0.25) is 0 Å². The Bertz CT molecular complexity index is 488.